The number of halogens is 1. The van der Waals surface area contributed by atoms with Crippen molar-refractivity contribution in [1.29, 1.82) is 0 Å². The Balaban J connectivity index is 1.26. The van der Waals surface area contributed by atoms with Crippen LogP contribution in [-0.4, -0.2) is 59.8 Å². The van der Waals surface area contributed by atoms with Crippen LogP contribution in [0.15, 0.2) is 48.5 Å². The molecule has 0 spiro atoms. The summed E-state index contributed by atoms with van der Waals surface area (Å²) in [6.45, 7) is 20.4. The standard InChI is InChI=1S/C40H57ClN6O3Si2/c1-27-35(28(2)47(45-27)26-50-22-24-52(6,7)8)29-17-19-32(20-18-29)42-40(48)37(36(30-13-14-30)31-15-16-31)39-44-43-38(33-11-9-10-12-34(33)41)46(39)25-49-21-23-51(3,4)5/h9-12,17-20,30-31,36-37H,13-16,21-26H2,1-8H3,(H,42,48). The molecular formula is C40H57ClN6O3Si2. The van der Waals surface area contributed by atoms with Crippen molar-refractivity contribution >= 4 is 39.3 Å². The minimum absolute atomic E-state index is 0.0475. The number of aryl methyl sites for hydroxylation is 1. The second-order valence-electron chi connectivity index (χ2n) is 17.3. The van der Waals surface area contributed by atoms with E-state index in [0.29, 0.717) is 41.8 Å². The molecule has 1 atom stereocenters. The summed E-state index contributed by atoms with van der Waals surface area (Å²) in [5.41, 5.74) is 5.73. The predicted molar refractivity (Wildman–Crippen MR) is 216 cm³/mol. The molecule has 2 aromatic carbocycles. The van der Waals surface area contributed by atoms with Crippen molar-refractivity contribution in [1.82, 2.24) is 24.5 Å². The first-order valence-electron chi connectivity index (χ1n) is 19.0. The molecule has 4 aromatic rings. The third-order valence-corrected chi connectivity index (χ3v) is 14.2. The summed E-state index contributed by atoms with van der Waals surface area (Å²) in [5, 5.41) is 18.2. The highest BCUT2D eigenvalue weighted by Gasteiger charge is 2.50. The Kier molecular flexibility index (Phi) is 12.0. The Hall–Kier alpha value is -3.10. The molecule has 52 heavy (non-hydrogen) atoms. The summed E-state index contributed by atoms with van der Waals surface area (Å²) in [6.07, 6.45) is 4.59. The molecule has 6 rings (SSSR count). The van der Waals surface area contributed by atoms with Crippen LogP contribution in [0.3, 0.4) is 0 Å². The average Bonchev–Trinajstić information content (AvgIpc) is 4.02. The van der Waals surface area contributed by atoms with Gasteiger partial charge in [0.15, 0.2) is 5.82 Å². The molecule has 2 heterocycles. The maximum Gasteiger partial charge on any atom is 0.235 e. The number of hydrogen-bond donors (Lipinski definition) is 1. The highest BCUT2D eigenvalue weighted by atomic mass is 35.5. The molecule has 1 amide bonds. The van der Waals surface area contributed by atoms with Gasteiger partial charge in [0, 0.05) is 51.9 Å². The van der Waals surface area contributed by atoms with E-state index in [4.69, 9.17) is 31.3 Å². The summed E-state index contributed by atoms with van der Waals surface area (Å²) in [5.74, 6) is 2.00. The van der Waals surface area contributed by atoms with Crippen LogP contribution in [0.5, 0.6) is 0 Å². The molecule has 2 aliphatic carbocycles. The van der Waals surface area contributed by atoms with Crippen molar-refractivity contribution in [3.05, 3.63) is 70.8 Å². The number of benzene rings is 2. The van der Waals surface area contributed by atoms with Crippen LogP contribution in [0.1, 0.15) is 48.8 Å². The minimum atomic E-state index is -1.30. The maximum atomic E-state index is 14.6. The van der Waals surface area contributed by atoms with Gasteiger partial charge in [-0.2, -0.15) is 5.10 Å². The number of ether oxygens (including phenoxy) is 2. The minimum Gasteiger partial charge on any atom is -0.361 e. The zero-order valence-electron chi connectivity index (χ0n) is 32.3. The van der Waals surface area contributed by atoms with Gasteiger partial charge in [-0.3, -0.25) is 9.36 Å². The Bertz CT molecular complexity index is 1820. The number of aromatic nitrogens is 5. The molecular weight excluding hydrogens is 704 g/mol. The number of carbonyl (C=O) groups excluding carboxylic acids is 1. The molecule has 2 fully saturated rings. The third-order valence-electron chi connectivity index (χ3n) is 10.4. The quantitative estimate of drug-likeness (QED) is 0.0802. The molecule has 0 bridgehead atoms. The van der Waals surface area contributed by atoms with E-state index in [-0.39, 0.29) is 18.6 Å². The number of nitrogens with zero attached hydrogens (tertiary/aromatic N) is 5. The van der Waals surface area contributed by atoms with Gasteiger partial charge in [0.1, 0.15) is 25.2 Å². The Labute approximate surface area is 316 Å². The number of carbonyl (C=O) groups is 1. The normalized spacial score (nSPS) is 15.7. The van der Waals surface area contributed by atoms with Gasteiger partial charge < -0.3 is 14.8 Å². The summed E-state index contributed by atoms with van der Waals surface area (Å²) < 4.78 is 16.3. The lowest BCUT2D eigenvalue weighted by atomic mass is 9.82. The summed E-state index contributed by atoms with van der Waals surface area (Å²) in [4.78, 5) is 14.6. The largest absolute Gasteiger partial charge is 0.361 e. The molecule has 0 aliphatic heterocycles. The van der Waals surface area contributed by atoms with Crippen molar-refractivity contribution in [2.45, 2.75) is 110 Å². The second-order valence-corrected chi connectivity index (χ2v) is 29.0. The molecule has 9 nitrogen and oxygen atoms in total. The lowest BCUT2D eigenvalue weighted by molar-refractivity contribution is -0.119. The second kappa shape index (κ2) is 16.1. The van der Waals surface area contributed by atoms with Crippen LogP contribution >= 0.6 is 11.6 Å². The van der Waals surface area contributed by atoms with Crippen molar-refractivity contribution < 1.29 is 14.3 Å². The van der Waals surface area contributed by atoms with Crippen LogP contribution in [0.25, 0.3) is 22.5 Å². The molecule has 1 N–H and O–H groups in total. The van der Waals surface area contributed by atoms with Gasteiger partial charge in [-0.15, -0.1) is 10.2 Å². The lowest BCUT2D eigenvalue weighted by Gasteiger charge is -2.27. The highest BCUT2D eigenvalue weighted by Crippen LogP contribution is 2.55. The zero-order valence-corrected chi connectivity index (χ0v) is 35.1. The third kappa shape index (κ3) is 9.71. The summed E-state index contributed by atoms with van der Waals surface area (Å²) in [6, 6.07) is 18.0. The SMILES string of the molecule is Cc1nn(COCC[Si](C)(C)C)c(C)c1-c1ccc(NC(=O)C(c2nnc(-c3ccccc3Cl)n2COCC[Si](C)(C)C)C(C2CC2)C2CC2)cc1. The van der Waals surface area contributed by atoms with Gasteiger partial charge in [0.2, 0.25) is 5.91 Å². The van der Waals surface area contributed by atoms with E-state index >= 15 is 0 Å². The summed E-state index contributed by atoms with van der Waals surface area (Å²) in [7, 11) is -2.45. The van der Waals surface area contributed by atoms with Gasteiger partial charge in [-0.05, 0) is 99.2 Å². The van der Waals surface area contributed by atoms with Gasteiger partial charge in [0.05, 0.1) is 10.7 Å². The molecule has 2 aromatic heterocycles. The van der Waals surface area contributed by atoms with Crippen LogP contribution < -0.4 is 5.32 Å². The van der Waals surface area contributed by atoms with Crippen molar-refractivity contribution in [3.63, 3.8) is 0 Å². The Morgan fingerprint density at radius 3 is 2.04 bits per heavy atom. The zero-order chi connectivity index (χ0) is 37.2. The number of rotatable bonds is 18. The first-order chi connectivity index (χ1) is 24.7. The topological polar surface area (TPSA) is 96.1 Å². The maximum absolute atomic E-state index is 14.6. The lowest BCUT2D eigenvalue weighted by Crippen LogP contribution is -2.32. The predicted octanol–water partition coefficient (Wildman–Crippen LogP) is 9.86. The highest BCUT2D eigenvalue weighted by molar-refractivity contribution is 6.76. The first-order valence-corrected chi connectivity index (χ1v) is 26.8. The molecule has 12 heteroatoms. The molecule has 280 valence electrons. The van der Waals surface area contributed by atoms with E-state index in [9.17, 15) is 4.79 Å². The Morgan fingerprint density at radius 2 is 1.46 bits per heavy atom. The first kappa shape index (κ1) is 38.6. The van der Waals surface area contributed by atoms with Crippen LogP contribution in [0, 0.1) is 31.6 Å². The van der Waals surface area contributed by atoms with E-state index in [2.05, 4.69) is 68.8 Å². The van der Waals surface area contributed by atoms with Gasteiger partial charge in [-0.25, -0.2) is 4.68 Å². The average molecular weight is 762 g/mol. The van der Waals surface area contributed by atoms with Gasteiger partial charge in [-0.1, -0.05) is 75.1 Å². The fourth-order valence-electron chi connectivity index (χ4n) is 7.11. The van der Waals surface area contributed by atoms with E-state index in [0.717, 1.165) is 78.1 Å². The fourth-order valence-corrected chi connectivity index (χ4v) is 8.85. The molecule has 2 aliphatic rings. The number of anilines is 1. The monoisotopic (exact) mass is 760 g/mol. The number of hydrogen-bond acceptors (Lipinski definition) is 6. The molecule has 0 radical (unpaired) electrons. The smallest absolute Gasteiger partial charge is 0.235 e. The van der Waals surface area contributed by atoms with Gasteiger partial charge >= 0.3 is 0 Å². The van der Waals surface area contributed by atoms with E-state index in [1.165, 1.54) is 0 Å². The molecule has 0 saturated heterocycles. The summed E-state index contributed by atoms with van der Waals surface area (Å²) >= 11 is 6.71. The van der Waals surface area contributed by atoms with Crippen LogP contribution in [0.4, 0.5) is 5.69 Å². The van der Waals surface area contributed by atoms with E-state index in [1.54, 1.807) is 0 Å². The molecule has 2 saturated carbocycles. The van der Waals surface area contributed by atoms with Crippen molar-refractivity contribution in [3.8, 4) is 22.5 Å². The van der Waals surface area contributed by atoms with E-state index in [1.807, 2.05) is 52.6 Å². The Morgan fingerprint density at radius 1 is 0.865 bits per heavy atom. The van der Waals surface area contributed by atoms with Gasteiger partial charge in [0.25, 0.3) is 0 Å². The van der Waals surface area contributed by atoms with Crippen LogP contribution in [0.2, 0.25) is 56.4 Å². The van der Waals surface area contributed by atoms with Crippen molar-refractivity contribution in [2.75, 3.05) is 18.5 Å². The van der Waals surface area contributed by atoms with E-state index < -0.39 is 22.1 Å². The number of amides is 1. The fraction of sp³-hybridized carbons (Fsp3) is 0.550. The number of nitrogens with one attached hydrogen (secondary N) is 1. The van der Waals surface area contributed by atoms with Crippen molar-refractivity contribution in [2.24, 2.45) is 17.8 Å². The van der Waals surface area contributed by atoms with Crippen LogP contribution in [-0.2, 0) is 27.7 Å². The molecule has 1 unspecified atom stereocenters.